The first-order valence-electron chi connectivity index (χ1n) is 8.57. The van der Waals surface area contributed by atoms with Gasteiger partial charge in [-0.25, -0.2) is 9.55 Å². The zero-order valence-electron chi connectivity index (χ0n) is 14.5. The van der Waals surface area contributed by atoms with Crippen LogP contribution in [0.3, 0.4) is 0 Å². The highest BCUT2D eigenvalue weighted by Crippen LogP contribution is 2.26. The number of benzene rings is 1. The first-order valence-corrected chi connectivity index (χ1v) is 11.1. The molecule has 2 heterocycles. The fourth-order valence-electron chi connectivity index (χ4n) is 2.60. The highest BCUT2D eigenvalue weighted by atomic mass is 35.5. The van der Waals surface area contributed by atoms with E-state index >= 15 is 0 Å². The molecule has 6 heteroatoms. The minimum absolute atomic E-state index is 0. The van der Waals surface area contributed by atoms with Gasteiger partial charge in [0.1, 0.15) is 5.52 Å². The van der Waals surface area contributed by atoms with Gasteiger partial charge in [0.15, 0.2) is 5.52 Å². The third-order valence-corrected chi connectivity index (χ3v) is 6.31. The van der Waals surface area contributed by atoms with Gasteiger partial charge in [0.2, 0.25) is 0 Å². The van der Waals surface area contributed by atoms with Crippen LogP contribution in [-0.4, -0.2) is 15.7 Å². The van der Waals surface area contributed by atoms with Crippen molar-refractivity contribution in [1.29, 1.82) is 0 Å². The number of rotatable bonds is 9. The molecule has 1 N–H and O–H groups in total. The number of aromatic amines is 1. The Kier molecular flexibility index (Phi) is 8.65. The average Bonchev–Trinajstić information content (AvgIpc) is 3.05. The molecule has 2 aromatic heterocycles. The third-order valence-electron chi connectivity index (χ3n) is 3.92. The summed E-state index contributed by atoms with van der Waals surface area (Å²) in [6, 6.07) is 14.5. The maximum atomic E-state index is 4.71. The normalized spacial score (nSPS) is 10.8. The van der Waals surface area contributed by atoms with Gasteiger partial charge in [-0.1, -0.05) is 71.0 Å². The van der Waals surface area contributed by atoms with Gasteiger partial charge in [-0.15, -0.1) is 0 Å². The second kappa shape index (κ2) is 10.7. The number of fused-ring (bicyclic) bond motifs is 1. The number of para-hydroxylation sites is 2. The Labute approximate surface area is 163 Å². The molecule has 3 nitrogen and oxygen atoms in total. The summed E-state index contributed by atoms with van der Waals surface area (Å²) in [4.78, 5) is 8.13. The Morgan fingerprint density at radius 1 is 1.00 bits per heavy atom. The molecule has 0 spiro atoms. The SMILES string of the molecule is CCCCCCSSCc1cccc[n+]1-c1nc2ccccc2[nH]1.[Cl-]. The van der Waals surface area contributed by atoms with Gasteiger partial charge in [-0.3, -0.25) is 0 Å². The Balaban J connectivity index is 0.00000225. The Morgan fingerprint density at radius 2 is 1.84 bits per heavy atom. The maximum Gasteiger partial charge on any atom is 0.402 e. The highest BCUT2D eigenvalue weighted by Gasteiger charge is 2.16. The first kappa shape index (κ1) is 20.1. The van der Waals surface area contributed by atoms with Crippen LogP contribution in [0.25, 0.3) is 17.0 Å². The maximum absolute atomic E-state index is 4.71. The van der Waals surface area contributed by atoms with Crippen molar-refractivity contribution in [2.45, 2.75) is 38.4 Å². The van der Waals surface area contributed by atoms with Crippen LogP contribution in [0.5, 0.6) is 0 Å². The lowest BCUT2D eigenvalue weighted by Crippen LogP contribution is -3.00. The van der Waals surface area contributed by atoms with Gasteiger partial charge < -0.3 is 12.4 Å². The molecule has 0 bridgehead atoms. The molecule has 3 aromatic rings. The number of imidazole rings is 1. The Hall–Kier alpha value is -1.17. The van der Waals surface area contributed by atoms with Crippen molar-refractivity contribution < 1.29 is 17.0 Å². The van der Waals surface area contributed by atoms with Crippen LogP contribution in [0.1, 0.15) is 38.3 Å². The standard InChI is InChI=1S/C19H24N3S2.ClH/c1-2-3-4-9-14-23-24-15-16-10-7-8-13-22(16)19-20-17-11-5-6-12-18(17)21-19;/h5-8,10-13H,2-4,9,14-15H2,1H3,(H,20,21);1H/q+1;/p-1. The molecule has 0 aliphatic rings. The number of halogens is 1. The van der Waals surface area contributed by atoms with Crippen molar-refractivity contribution in [1.82, 2.24) is 9.97 Å². The lowest BCUT2D eigenvalue weighted by atomic mass is 10.2. The number of pyridine rings is 1. The van der Waals surface area contributed by atoms with E-state index in [1.165, 1.54) is 37.1 Å². The molecule has 0 saturated carbocycles. The summed E-state index contributed by atoms with van der Waals surface area (Å²) in [5.74, 6) is 3.11. The van der Waals surface area contributed by atoms with Crippen LogP contribution in [-0.2, 0) is 5.75 Å². The topological polar surface area (TPSA) is 32.6 Å². The van der Waals surface area contributed by atoms with Crippen molar-refractivity contribution in [3.05, 3.63) is 54.4 Å². The third kappa shape index (κ3) is 5.66. The van der Waals surface area contributed by atoms with E-state index in [4.69, 9.17) is 4.98 Å². The Morgan fingerprint density at radius 3 is 2.68 bits per heavy atom. The van der Waals surface area contributed by atoms with Crippen molar-refractivity contribution in [3.8, 4) is 5.95 Å². The zero-order chi connectivity index (χ0) is 16.6. The molecule has 3 rings (SSSR count). The van der Waals surface area contributed by atoms with Crippen molar-refractivity contribution >= 4 is 32.6 Å². The molecule has 0 unspecified atom stereocenters. The summed E-state index contributed by atoms with van der Waals surface area (Å²) in [7, 11) is 3.91. The number of nitrogens with one attached hydrogen (secondary N) is 1. The van der Waals surface area contributed by atoms with Gasteiger partial charge in [-0.05, 0) is 30.7 Å². The highest BCUT2D eigenvalue weighted by molar-refractivity contribution is 8.76. The summed E-state index contributed by atoms with van der Waals surface area (Å²) in [5, 5.41) is 0. The minimum atomic E-state index is 0. The Bertz CT molecular complexity index is 743. The monoisotopic (exact) mass is 393 g/mol. The van der Waals surface area contributed by atoms with Gasteiger partial charge in [0.25, 0.3) is 0 Å². The molecule has 1 aromatic carbocycles. The smallest absolute Gasteiger partial charge is 0.402 e. The van der Waals surface area contributed by atoms with Crippen molar-refractivity contribution in [3.63, 3.8) is 0 Å². The molecule has 0 aliphatic heterocycles. The summed E-state index contributed by atoms with van der Waals surface area (Å²) < 4.78 is 2.16. The second-order valence-corrected chi connectivity index (χ2v) is 8.37. The van der Waals surface area contributed by atoms with E-state index in [0.717, 1.165) is 22.7 Å². The molecular weight excluding hydrogens is 370 g/mol. The van der Waals surface area contributed by atoms with Crippen LogP contribution in [0.4, 0.5) is 0 Å². The largest absolute Gasteiger partial charge is 1.00 e. The molecule has 0 atom stereocenters. The predicted molar refractivity (Wildman–Crippen MR) is 106 cm³/mol. The number of nitrogens with zero attached hydrogens (tertiary/aromatic N) is 2. The van der Waals surface area contributed by atoms with Crippen LogP contribution < -0.4 is 17.0 Å². The summed E-state index contributed by atoms with van der Waals surface area (Å²) in [6.45, 7) is 2.26. The van der Waals surface area contributed by atoms with Crippen molar-refractivity contribution in [2.75, 3.05) is 5.75 Å². The number of aromatic nitrogens is 3. The number of H-pyrrole nitrogens is 1. The zero-order valence-corrected chi connectivity index (χ0v) is 16.8. The molecule has 25 heavy (non-hydrogen) atoms. The van der Waals surface area contributed by atoms with E-state index in [0.29, 0.717) is 0 Å². The van der Waals surface area contributed by atoms with E-state index in [1.54, 1.807) is 0 Å². The van der Waals surface area contributed by atoms with E-state index in [2.05, 4.69) is 46.9 Å². The fourth-order valence-corrected chi connectivity index (χ4v) is 4.80. The average molecular weight is 394 g/mol. The van der Waals surface area contributed by atoms with Gasteiger partial charge >= 0.3 is 5.95 Å². The summed E-state index contributed by atoms with van der Waals surface area (Å²) in [5.41, 5.74) is 3.35. The summed E-state index contributed by atoms with van der Waals surface area (Å²) >= 11 is 0. The molecule has 0 aliphatic carbocycles. The molecule has 0 radical (unpaired) electrons. The number of hydrogen-bond donors (Lipinski definition) is 1. The van der Waals surface area contributed by atoms with E-state index < -0.39 is 0 Å². The minimum Gasteiger partial charge on any atom is -1.00 e. The molecule has 134 valence electrons. The second-order valence-electron chi connectivity index (χ2n) is 5.78. The lowest BCUT2D eigenvalue weighted by molar-refractivity contribution is -0.610. The van der Waals surface area contributed by atoms with Gasteiger partial charge in [-0.2, -0.15) is 0 Å². The van der Waals surface area contributed by atoms with E-state index in [9.17, 15) is 0 Å². The van der Waals surface area contributed by atoms with Crippen LogP contribution in [0, 0.1) is 0 Å². The van der Waals surface area contributed by atoms with Gasteiger partial charge in [0, 0.05) is 5.75 Å². The number of unbranched alkanes of at least 4 members (excludes halogenated alkanes) is 3. The van der Waals surface area contributed by atoms with E-state index in [1.807, 2.05) is 39.8 Å². The quantitative estimate of drug-likeness (QED) is 0.344. The fraction of sp³-hybridized carbons (Fsp3) is 0.368. The molecule has 0 saturated heterocycles. The van der Waals surface area contributed by atoms with Crippen LogP contribution >= 0.6 is 21.6 Å². The van der Waals surface area contributed by atoms with Crippen LogP contribution in [0.15, 0.2) is 48.7 Å². The number of hydrogen-bond acceptors (Lipinski definition) is 3. The van der Waals surface area contributed by atoms with E-state index in [-0.39, 0.29) is 12.4 Å². The molecular formula is C19H24ClN3S2. The molecule has 0 fully saturated rings. The predicted octanol–water partition coefficient (Wildman–Crippen LogP) is 2.31. The molecule has 0 amide bonds. The lowest BCUT2D eigenvalue weighted by Gasteiger charge is -2.05. The van der Waals surface area contributed by atoms with Crippen molar-refractivity contribution in [2.24, 2.45) is 0 Å². The summed E-state index contributed by atoms with van der Waals surface area (Å²) in [6.07, 6.45) is 7.42. The van der Waals surface area contributed by atoms with Gasteiger partial charge in [0.05, 0.1) is 17.6 Å². The van der Waals surface area contributed by atoms with Crippen LogP contribution in [0.2, 0.25) is 0 Å². The first-order chi connectivity index (χ1) is 11.9.